The first-order valence-corrected chi connectivity index (χ1v) is 10.2. The Morgan fingerprint density at radius 2 is 1.79 bits per heavy atom. The van der Waals surface area contributed by atoms with Crippen LogP contribution in [0.4, 0.5) is 0 Å². The van der Waals surface area contributed by atoms with Crippen molar-refractivity contribution in [3.8, 4) is 5.75 Å². The van der Waals surface area contributed by atoms with Gasteiger partial charge in [-0.05, 0) is 51.8 Å². The summed E-state index contributed by atoms with van der Waals surface area (Å²) in [6.07, 6.45) is 0.931. The molecule has 0 aliphatic rings. The molecule has 0 aromatic heterocycles. The molecule has 0 aliphatic carbocycles. The van der Waals surface area contributed by atoms with Crippen LogP contribution in [0.15, 0.2) is 48.5 Å². The molecular formula is C24H32N2O3. The van der Waals surface area contributed by atoms with Gasteiger partial charge in [-0.1, -0.05) is 47.5 Å². The summed E-state index contributed by atoms with van der Waals surface area (Å²) in [4.78, 5) is 26.9. The maximum atomic E-state index is 12.9. The molecule has 5 heteroatoms. The first-order valence-electron chi connectivity index (χ1n) is 10.2. The number of nitrogens with one attached hydrogen (secondary N) is 1. The minimum Gasteiger partial charge on any atom is -0.494 e. The van der Waals surface area contributed by atoms with Crippen molar-refractivity contribution in [1.29, 1.82) is 0 Å². The van der Waals surface area contributed by atoms with Crippen molar-refractivity contribution in [2.45, 2.75) is 53.1 Å². The van der Waals surface area contributed by atoms with Crippen LogP contribution in [0.25, 0.3) is 0 Å². The number of carbonyl (C=O) groups is 2. The average molecular weight is 397 g/mol. The molecule has 29 heavy (non-hydrogen) atoms. The van der Waals surface area contributed by atoms with Gasteiger partial charge in [-0.15, -0.1) is 0 Å². The quantitative estimate of drug-likeness (QED) is 0.617. The molecule has 156 valence electrons. The van der Waals surface area contributed by atoms with Crippen LogP contribution in [-0.4, -0.2) is 35.9 Å². The van der Waals surface area contributed by atoms with Crippen LogP contribution in [0.3, 0.4) is 0 Å². The van der Waals surface area contributed by atoms with Crippen molar-refractivity contribution in [3.05, 3.63) is 65.2 Å². The fourth-order valence-electron chi connectivity index (χ4n) is 3.10. The molecule has 0 saturated heterocycles. The van der Waals surface area contributed by atoms with E-state index in [0.717, 1.165) is 16.9 Å². The molecule has 1 atom stereocenters. The fourth-order valence-corrected chi connectivity index (χ4v) is 3.10. The molecule has 0 unspecified atom stereocenters. The van der Waals surface area contributed by atoms with Gasteiger partial charge in [0, 0.05) is 19.5 Å². The summed E-state index contributed by atoms with van der Waals surface area (Å²) in [6.45, 7) is 9.12. The third-order valence-corrected chi connectivity index (χ3v) is 4.78. The lowest BCUT2D eigenvalue weighted by Gasteiger charge is -2.29. The molecule has 0 fully saturated rings. The number of ether oxygens (including phenoxy) is 1. The molecule has 2 rings (SSSR count). The lowest BCUT2D eigenvalue weighted by molar-refractivity contribution is -0.140. The van der Waals surface area contributed by atoms with E-state index in [1.165, 1.54) is 5.56 Å². The lowest BCUT2D eigenvalue weighted by atomic mass is 10.1. The summed E-state index contributed by atoms with van der Waals surface area (Å²) in [5.74, 6) is 0.623. The highest BCUT2D eigenvalue weighted by molar-refractivity contribution is 5.87. The molecular weight excluding hydrogens is 364 g/mol. The highest BCUT2D eigenvalue weighted by Crippen LogP contribution is 2.15. The molecule has 0 aliphatic heterocycles. The third-order valence-electron chi connectivity index (χ3n) is 4.78. The van der Waals surface area contributed by atoms with Gasteiger partial charge in [0.05, 0.1) is 6.61 Å². The molecule has 0 spiro atoms. The summed E-state index contributed by atoms with van der Waals surface area (Å²) in [5.41, 5.74) is 3.33. The van der Waals surface area contributed by atoms with Crippen LogP contribution in [0, 0.1) is 13.8 Å². The largest absolute Gasteiger partial charge is 0.494 e. The molecule has 2 amide bonds. The zero-order valence-electron chi connectivity index (χ0n) is 17.9. The van der Waals surface area contributed by atoms with Gasteiger partial charge in [-0.2, -0.15) is 0 Å². The van der Waals surface area contributed by atoms with Gasteiger partial charge in [0.1, 0.15) is 11.8 Å². The Morgan fingerprint density at radius 1 is 1.07 bits per heavy atom. The Morgan fingerprint density at radius 3 is 2.45 bits per heavy atom. The maximum absolute atomic E-state index is 12.9. The Bertz CT molecular complexity index is 802. The van der Waals surface area contributed by atoms with Crippen LogP contribution in [-0.2, 0) is 16.1 Å². The van der Waals surface area contributed by atoms with Gasteiger partial charge in [-0.25, -0.2) is 0 Å². The molecule has 0 radical (unpaired) electrons. The molecule has 0 bridgehead atoms. The highest BCUT2D eigenvalue weighted by atomic mass is 16.5. The smallest absolute Gasteiger partial charge is 0.242 e. The summed E-state index contributed by atoms with van der Waals surface area (Å²) in [6, 6.07) is 15.3. The average Bonchev–Trinajstić information content (AvgIpc) is 2.70. The summed E-state index contributed by atoms with van der Waals surface area (Å²) in [5, 5.41) is 2.81. The van der Waals surface area contributed by atoms with Gasteiger partial charge in [0.15, 0.2) is 0 Å². The number of benzene rings is 2. The standard InChI is InChI=1S/C24H32N2O3/c1-5-25-24(28)20(4)26(17-21-9-6-8-19(3)16-21)23(27)10-7-15-29-22-13-11-18(2)12-14-22/h6,8-9,11-14,16,20H,5,7,10,15,17H2,1-4H3,(H,25,28)/t20-/m1/s1. The normalized spacial score (nSPS) is 11.6. The molecule has 1 N–H and O–H groups in total. The number of likely N-dealkylation sites (N-methyl/N-ethyl adjacent to an activating group) is 1. The van der Waals surface area contributed by atoms with Crippen LogP contribution in [0.5, 0.6) is 5.75 Å². The van der Waals surface area contributed by atoms with Gasteiger partial charge in [0.25, 0.3) is 0 Å². The second kappa shape index (κ2) is 11.2. The molecule has 0 saturated carbocycles. The fraction of sp³-hybridized carbons (Fsp3) is 0.417. The molecule has 5 nitrogen and oxygen atoms in total. The first-order chi connectivity index (χ1) is 13.9. The van der Waals surface area contributed by atoms with Gasteiger partial charge >= 0.3 is 0 Å². The predicted octanol–water partition coefficient (Wildman–Crippen LogP) is 4.02. The molecule has 2 aromatic carbocycles. The lowest BCUT2D eigenvalue weighted by Crippen LogP contribution is -2.47. The Kier molecular flexibility index (Phi) is 8.71. The predicted molar refractivity (Wildman–Crippen MR) is 116 cm³/mol. The van der Waals surface area contributed by atoms with Crippen molar-refractivity contribution < 1.29 is 14.3 Å². The van der Waals surface area contributed by atoms with Crippen molar-refractivity contribution in [3.63, 3.8) is 0 Å². The van der Waals surface area contributed by atoms with Crippen molar-refractivity contribution >= 4 is 11.8 Å². The minimum absolute atomic E-state index is 0.0437. The van der Waals surface area contributed by atoms with E-state index in [-0.39, 0.29) is 11.8 Å². The SMILES string of the molecule is CCNC(=O)[C@@H](C)N(Cc1cccc(C)c1)C(=O)CCCOc1ccc(C)cc1. The van der Waals surface area contributed by atoms with E-state index >= 15 is 0 Å². The monoisotopic (exact) mass is 396 g/mol. The van der Waals surface area contributed by atoms with E-state index in [1.54, 1.807) is 11.8 Å². The minimum atomic E-state index is -0.527. The number of amides is 2. The number of nitrogens with zero attached hydrogens (tertiary/aromatic N) is 1. The van der Waals surface area contributed by atoms with E-state index in [1.807, 2.05) is 69.3 Å². The van der Waals surface area contributed by atoms with Crippen LogP contribution < -0.4 is 10.1 Å². The van der Waals surface area contributed by atoms with Crippen molar-refractivity contribution in [2.75, 3.05) is 13.2 Å². The van der Waals surface area contributed by atoms with Crippen LogP contribution in [0.2, 0.25) is 0 Å². The maximum Gasteiger partial charge on any atom is 0.242 e. The molecule has 2 aromatic rings. The number of carbonyl (C=O) groups excluding carboxylic acids is 2. The molecule has 0 heterocycles. The third kappa shape index (κ3) is 7.26. The zero-order chi connectivity index (χ0) is 21.2. The van der Waals surface area contributed by atoms with Gasteiger partial charge in [0.2, 0.25) is 11.8 Å². The topological polar surface area (TPSA) is 58.6 Å². The second-order valence-electron chi connectivity index (χ2n) is 7.35. The summed E-state index contributed by atoms with van der Waals surface area (Å²) < 4.78 is 5.72. The van der Waals surface area contributed by atoms with E-state index in [9.17, 15) is 9.59 Å². The Hall–Kier alpha value is -2.82. The zero-order valence-corrected chi connectivity index (χ0v) is 17.9. The van der Waals surface area contributed by atoms with E-state index in [0.29, 0.717) is 32.5 Å². The van der Waals surface area contributed by atoms with Crippen molar-refractivity contribution in [2.24, 2.45) is 0 Å². The van der Waals surface area contributed by atoms with Crippen molar-refractivity contribution in [1.82, 2.24) is 10.2 Å². The van der Waals surface area contributed by atoms with E-state index in [2.05, 4.69) is 5.32 Å². The van der Waals surface area contributed by atoms with Crippen LogP contribution >= 0.6 is 0 Å². The number of hydrogen-bond acceptors (Lipinski definition) is 3. The Balaban J connectivity index is 1.97. The van der Waals surface area contributed by atoms with Crippen LogP contribution in [0.1, 0.15) is 43.4 Å². The van der Waals surface area contributed by atoms with E-state index in [4.69, 9.17) is 4.74 Å². The van der Waals surface area contributed by atoms with Gasteiger partial charge in [-0.3, -0.25) is 9.59 Å². The van der Waals surface area contributed by atoms with Gasteiger partial charge < -0.3 is 15.0 Å². The summed E-state index contributed by atoms with van der Waals surface area (Å²) >= 11 is 0. The van der Waals surface area contributed by atoms with E-state index < -0.39 is 6.04 Å². The highest BCUT2D eigenvalue weighted by Gasteiger charge is 2.25. The number of aryl methyl sites for hydroxylation is 2. The first kappa shape index (κ1) is 22.5. The Labute approximate surface area is 174 Å². The second-order valence-corrected chi connectivity index (χ2v) is 7.35. The number of rotatable bonds is 10. The number of hydrogen-bond donors (Lipinski definition) is 1. The summed E-state index contributed by atoms with van der Waals surface area (Å²) in [7, 11) is 0.